The molecular weight excluding hydrogens is 244 g/mol. The summed E-state index contributed by atoms with van der Waals surface area (Å²) in [5, 5.41) is 0. The van der Waals surface area contributed by atoms with Crippen LogP contribution in [0.3, 0.4) is 0 Å². The Bertz CT molecular complexity index is 488. The van der Waals surface area contributed by atoms with E-state index in [0.717, 1.165) is 25.9 Å². The van der Waals surface area contributed by atoms with Crippen molar-refractivity contribution in [2.24, 2.45) is 5.41 Å². The number of rotatable bonds is 5. The number of ether oxygens (including phenoxy) is 1. The molecule has 20 heavy (non-hydrogen) atoms. The van der Waals surface area contributed by atoms with Crippen LogP contribution in [-0.2, 0) is 4.74 Å². The minimum Gasteiger partial charge on any atom is -0.369 e. The highest BCUT2D eigenvalue weighted by atomic mass is 16.5. The van der Waals surface area contributed by atoms with Crippen molar-refractivity contribution < 1.29 is 4.74 Å². The monoisotopic (exact) mass is 272 g/mol. The van der Waals surface area contributed by atoms with Gasteiger partial charge in [-0.2, -0.15) is 0 Å². The Labute approximate surface area is 124 Å². The summed E-state index contributed by atoms with van der Waals surface area (Å²) in [6, 6.07) is 0. The second-order valence-electron chi connectivity index (χ2n) is 6.58. The highest BCUT2D eigenvalue weighted by Crippen LogP contribution is 2.50. The summed E-state index contributed by atoms with van der Waals surface area (Å²) < 4.78 is 6.47. The maximum atomic E-state index is 6.47. The third-order valence-electron chi connectivity index (χ3n) is 4.85. The van der Waals surface area contributed by atoms with E-state index in [2.05, 4.69) is 65.0 Å². The van der Waals surface area contributed by atoms with Crippen LogP contribution in [0.15, 0.2) is 47.1 Å². The van der Waals surface area contributed by atoms with Crippen molar-refractivity contribution in [3.8, 4) is 0 Å². The quantitative estimate of drug-likeness (QED) is 0.654. The van der Waals surface area contributed by atoms with Crippen molar-refractivity contribution in [2.75, 3.05) is 6.61 Å². The summed E-state index contributed by atoms with van der Waals surface area (Å²) in [6.45, 7) is 12.1. The van der Waals surface area contributed by atoms with E-state index in [1.165, 1.54) is 16.7 Å². The molecule has 110 valence electrons. The van der Waals surface area contributed by atoms with E-state index in [9.17, 15) is 0 Å². The van der Waals surface area contributed by atoms with Crippen LogP contribution < -0.4 is 0 Å². The summed E-state index contributed by atoms with van der Waals surface area (Å²) >= 11 is 0. The van der Waals surface area contributed by atoms with Gasteiger partial charge in [0.2, 0.25) is 0 Å². The van der Waals surface area contributed by atoms with Crippen molar-refractivity contribution in [3.05, 3.63) is 47.1 Å². The minimum absolute atomic E-state index is 0.00699. The first-order valence-electron chi connectivity index (χ1n) is 7.80. The molecule has 0 aromatic rings. The largest absolute Gasteiger partial charge is 0.369 e. The summed E-state index contributed by atoms with van der Waals surface area (Å²) in [6.07, 6.45) is 14.6. The van der Waals surface area contributed by atoms with Gasteiger partial charge in [0.25, 0.3) is 0 Å². The number of hydrogen-bond acceptors (Lipinski definition) is 1. The molecule has 0 aromatic heterocycles. The number of allylic oxidation sites excluding steroid dienone is 5. The van der Waals surface area contributed by atoms with Gasteiger partial charge in [-0.1, -0.05) is 56.7 Å². The molecule has 0 amide bonds. The van der Waals surface area contributed by atoms with E-state index in [-0.39, 0.29) is 11.0 Å². The SMILES string of the molecule is CCCOC1(C(C)(C)C2=CCC=C2)CC=C(C)C=C1C. The minimum atomic E-state index is -0.205. The van der Waals surface area contributed by atoms with Crippen molar-refractivity contribution in [1.29, 1.82) is 0 Å². The smallest absolute Gasteiger partial charge is 0.102 e. The molecule has 2 aliphatic carbocycles. The molecule has 0 saturated heterocycles. The Morgan fingerprint density at radius 3 is 2.55 bits per heavy atom. The lowest BCUT2D eigenvalue weighted by molar-refractivity contribution is -0.0798. The summed E-state index contributed by atoms with van der Waals surface area (Å²) in [7, 11) is 0. The lowest BCUT2D eigenvalue weighted by atomic mass is 9.63. The third-order valence-corrected chi connectivity index (χ3v) is 4.85. The van der Waals surface area contributed by atoms with Crippen LogP contribution in [0.25, 0.3) is 0 Å². The standard InChI is InChI=1S/C19H28O/c1-6-13-20-19(12-11-15(2)14-16(19)3)18(4,5)17-9-7-8-10-17/h7,9-11,14H,6,8,12-13H2,1-5H3. The molecule has 0 radical (unpaired) electrons. The third kappa shape index (κ3) is 2.44. The molecule has 0 saturated carbocycles. The van der Waals surface area contributed by atoms with Gasteiger partial charge in [-0.3, -0.25) is 0 Å². The molecule has 0 aromatic carbocycles. The van der Waals surface area contributed by atoms with Gasteiger partial charge in [0, 0.05) is 12.0 Å². The molecule has 0 spiro atoms. The van der Waals surface area contributed by atoms with Gasteiger partial charge in [-0.05, 0) is 44.3 Å². The molecule has 2 aliphatic rings. The van der Waals surface area contributed by atoms with Crippen molar-refractivity contribution in [3.63, 3.8) is 0 Å². The van der Waals surface area contributed by atoms with E-state index >= 15 is 0 Å². The zero-order chi connectivity index (χ0) is 14.8. The molecule has 0 heterocycles. The van der Waals surface area contributed by atoms with Crippen LogP contribution in [0.2, 0.25) is 0 Å². The summed E-state index contributed by atoms with van der Waals surface area (Å²) in [5.41, 5.74) is 3.91. The van der Waals surface area contributed by atoms with Crippen LogP contribution in [0.5, 0.6) is 0 Å². The van der Waals surface area contributed by atoms with Gasteiger partial charge in [-0.15, -0.1) is 0 Å². The maximum Gasteiger partial charge on any atom is 0.102 e. The predicted molar refractivity (Wildman–Crippen MR) is 86.7 cm³/mol. The normalized spacial score (nSPS) is 26.4. The topological polar surface area (TPSA) is 9.23 Å². The highest BCUT2D eigenvalue weighted by molar-refractivity contribution is 5.43. The molecule has 1 heteroatoms. The average molecular weight is 272 g/mol. The summed E-state index contributed by atoms with van der Waals surface area (Å²) in [5.74, 6) is 0. The van der Waals surface area contributed by atoms with E-state index in [0.29, 0.717) is 0 Å². The van der Waals surface area contributed by atoms with E-state index < -0.39 is 0 Å². The van der Waals surface area contributed by atoms with Gasteiger partial charge in [-0.25, -0.2) is 0 Å². The summed E-state index contributed by atoms with van der Waals surface area (Å²) in [4.78, 5) is 0. The van der Waals surface area contributed by atoms with Crippen molar-refractivity contribution in [1.82, 2.24) is 0 Å². The molecule has 1 atom stereocenters. The Hall–Kier alpha value is -1.08. The number of hydrogen-bond donors (Lipinski definition) is 0. The Kier molecular flexibility index (Phi) is 4.39. The zero-order valence-corrected chi connectivity index (χ0v) is 13.6. The fourth-order valence-electron chi connectivity index (χ4n) is 3.51. The molecule has 2 rings (SSSR count). The van der Waals surface area contributed by atoms with Crippen LogP contribution in [-0.4, -0.2) is 12.2 Å². The predicted octanol–water partition coefficient (Wildman–Crippen LogP) is 5.36. The van der Waals surface area contributed by atoms with Crippen LogP contribution in [0.4, 0.5) is 0 Å². The molecule has 0 fully saturated rings. The Balaban J connectivity index is 2.42. The molecular formula is C19H28O. The van der Waals surface area contributed by atoms with Crippen molar-refractivity contribution in [2.45, 2.75) is 59.5 Å². The van der Waals surface area contributed by atoms with E-state index in [1.54, 1.807) is 0 Å². The lowest BCUT2D eigenvalue weighted by Gasteiger charge is -2.49. The first kappa shape index (κ1) is 15.3. The van der Waals surface area contributed by atoms with Gasteiger partial charge in [0.1, 0.15) is 5.60 Å². The van der Waals surface area contributed by atoms with Crippen molar-refractivity contribution >= 4 is 0 Å². The Morgan fingerprint density at radius 1 is 1.25 bits per heavy atom. The fourth-order valence-corrected chi connectivity index (χ4v) is 3.51. The van der Waals surface area contributed by atoms with Gasteiger partial charge in [0.15, 0.2) is 0 Å². The molecule has 0 aliphatic heterocycles. The molecule has 0 bridgehead atoms. The molecule has 0 N–H and O–H groups in total. The van der Waals surface area contributed by atoms with E-state index in [1.807, 2.05) is 0 Å². The molecule has 1 unspecified atom stereocenters. The first-order valence-corrected chi connectivity index (χ1v) is 7.80. The Morgan fingerprint density at radius 2 is 2.00 bits per heavy atom. The highest BCUT2D eigenvalue weighted by Gasteiger charge is 2.49. The van der Waals surface area contributed by atoms with Gasteiger partial charge < -0.3 is 4.74 Å². The van der Waals surface area contributed by atoms with Gasteiger partial charge >= 0.3 is 0 Å². The molecule has 1 nitrogen and oxygen atoms in total. The van der Waals surface area contributed by atoms with Crippen LogP contribution >= 0.6 is 0 Å². The fraction of sp³-hybridized carbons (Fsp3) is 0.579. The second kappa shape index (κ2) is 5.73. The maximum absolute atomic E-state index is 6.47. The lowest BCUT2D eigenvalue weighted by Crippen LogP contribution is -2.49. The second-order valence-corrected chi connectivity index (χ2v) is 6.58. The average Bonchev–Trinajstić information content (AvgIpc) is 2.92. The zero-order valence-electron chi connectivity index (χ0n) is 13.6. The van der Waals surface area contributed by atoms with E-state index in [4.69, 9.17) is 4.74 Å². The van der Waals surface area contributed by atoms with Crippen LogP contribution in [0.1, 0.15) is 53.9 Å². The van der Waals surface area contributed by atoms with Gasteiger partial charge in [0.05, 0.1) is 0 Å². The van der Waals surface area contributed by atoms with Crippen LogP contribution in [0, 0.1) is 5.41 Å². The first-order chi connectivity index (χ1) is 9.44.